The number of halogens is 5. The number of anilines is 2. The lowest BCUT2D eigenvalue weighted by atomic mass is 10.0. The number of aryl methyl sites for hydroxylation is 1. The van der Waals surface area contributed by atoms with Crippen molar-refractivity contribution < 1.29 is 31.9 Å². The van der Waals surface area contributed by atoms with Gasteiger partial charge in [0.15, 0.2) is 0 Å². The van der Waals surface area contributed by atoms with Crippen molar-refractivity contribution in [3.63, 3.8) is 0 Å². The summed E-state index contributed by atoms with van der Waals surface area (Å²) in [4.78, 5) is 32.2. The second-order valence-corrected chi connectivity index (χ2v) is 8.87. The molecule has 2 N–H and O–H groups in total. The molecule has 2 amide bonds. The Morgan fingerprint density at radius 2 is 1.84 bits per heavy atom. The molecule has 0 bridgehead atoms. The fourth-order valence-electron chi connectivity index (χ4n) is 3.43. The van der Waals surface area contributed by atoms with Crippen LogP contribution in [0.3, 0.4) is 0 Å². The number of alkyl halides is 3. The SMILES string of the molecule is O=C(CCCc1ccc(F)c(C(F)(F)F)c1)Nc1ccc(Oc2cc(NC(=O)C3CC3)ncn2)c(Cl)c1. The number of hydrogen-bond donors (Lipinski definition) is 2. The molecule has 0 radical (unpaired) electrons. The Kier molecular flexibility index (Phi) is 7.91. The summed E-state index contributed by atoms with van der Waals surface area (Å²) < 4.78 is 57.6. The Labute approximate surface area is 214 Å². The molecule has 1 aliphatic rings. The molecule has 0 unspecified atom stereocenters. The maximum atomic E-state index is 13.4. The summed E-state index contributed by atoms with van der Waals surface area (Å²) in [7, 11) is 0. The van der Waals surface area contributed by atoms with Gasteiger partial charge in [-0.05, 0) is 61.6 Å². The van der Waals surface area contributed by atoms with Gasteiger partial charge in [-0.2, -0.15) is 13.2 Å². The van der Waals surface area contributed by atoms with Gasteiger partial charge in [-0.25, -0.2) is 14.4 Å². The van der Waals surface area contributed by atoms with Gasteiger partial charge in [0.25, 0.3) is 0 Å². The Hall–Kier alpha value is -3.73. The number of nitrogens with one attached hydrogen (secondary N) is 2. The summed E-state index contributed by atoms with van der Waals surface area (Å²) >= 11 is 6.27. The highest BCUT2D eigenvalue weighted by molar-refractivity contribution is 6.32. The molecule has 2 aromatic carbocycles. The van der Waals surface area contributed by atoms with E-state index < -0.39 is 17.6 Å². The molecular weight excluding hydrogens is 516 g/mol. The molecule has 0 spiro atoms. The molecule has 0 atom stereocenters. The van der Waals surface area contributed by atoms with E-state index in [1.54, 1.807) is 6.07 Å². The fraction of sp³-hybridized carbons (Fsp3) is 0.280. The maximum absolute atomic E-state index is 13.4. The third kappa shape index (κ3) is 7.39. The number of nitrogens with zero attached hydrogens (tertiary/aromatic N) is 2. The van der Waals surface area contributed by atoms with Gasteiger partial charge in [0.2, 0.25) is 17.7 Å². The van der Waals surface area contributed by atoms with Crippen molar-refractivity contribution in [2.45, 2.75) is 38.3 Å². The zero-order chi connectivity index (χ0) is 26.6. The van der Waals surface area contributed by atoms with Crippen molar-refractivity contribution in [3.8, 4) is 11.6 Å². The molecule has 0 aliphatic heterocycles. The number of ether oxygens (including phenoxy) is 1. The van der Waals surface area contributed by atoms with Crippen LogP contribution in [0.25, 0.3) is 0 Å². The standard InChI is InChI=1S/C25H21ClF4N4O3/c26-18-11-16(33-22(35)3-1-2-14-4-8-19(27)17(10-14)25(28,29)30)7-9-20(18)37-23-12-21(31-13-32-23)34-24(36)15-5-6-15/h4,7-13,15H,1-3,5-6H2,(H,33,35)(H,31,32,34,36). The summed E-state index contributed by atoms with van der Waals surface area (Å²) in [6.45, 7) is 0. The predicted molar refractivity (Wildman–Crippen MR) is 128 cm³/mol. The number of carbonyl (C=O) groups excluding carboxylic acids is 2. The molecule has 1 fully saturated rings. The van der Waals surface area contributed by atoms with E-state index in [1.165, 1.54) is 30.6 Å². The van der Waals surface area contributed by atoms with E-state index in [-0.39, 0.29) is 59.2 Å². The Balaban J connectivity index is 1.29. The van der Waals surface area contributed by atoms with Crippen LogP contribution in [0.1, 0.15) is 36.8 Å². The third-order valence-electron chi connectivity index (χ3n) is 5.48. The van der Waals surface area contributed by atoms with Crippen molar-refractivity contribution in [2.75, 3.05) is 10.6 Å². The van der Waals surface area contributed by atoms with Gasteiger partial charge in [-0.3, -0.25) is 9.59 Å². The second-order valence-electron chi connectivity index (χ2n) is 8.47. The van der Waals surface area contributed by atoms with Crippen LogP contribution in [0.4, 0.5) is 29.1 Å². The van der Waals surface area contributed by atoms with Gasteiger partial charge in [0, 0.05) is 24.1 Å². The first kappa shape index (κ1) is 26.3. The van der Waals surface area contributed by atoms with Crippen molar-refractivity contribution in [1.29, 1.82) is 0 Å². The lowest BCUT2D eigenvalue weighted by Crippen LogP contribution is -2.14. The van der Waals surface area contributed by atoms with Crippen LogP contribution in [0.5, 0.6) is 11.6 Å². The zero-order valence-corrected chi connectivity index (χ0v) is 20.0. The molecule has 1 aromatic heterocycles. The number of hydrogen-bond acceptors (Lipinski definition) is 5. The second kappa shape index (κ2) is 11.1. The first-order valence-corrected chi connectivity index (χ1v) is 11.7. The molecule has 37 heavy (non-hydrogen) atoms. The number of amides is 2. The smallest absolute Gasteiger partial charge is 0.419 e. The van der Waals surface area contributed by atoms with Gasteiger partial charge >= 0.3 is 6.18 Å². The zero-order valence-electron chi connectivity index (χ0n) is 19.2. The number of benzene rings is 2. The molecule has 4 rings (SSSR count). The number of carbonyl (C=O) groups is 2. The molecule has 1 aliphatic carbocycles. The lowest BCUT2D eigenvalue weighted by molar-refractivity contribution is -0.140. The molecule has 194 valence electrons. The van der Waals surface area contributed by atoms with E-state index in [9.17, 15) is 27.2 Å². The fourth-order valence-corrected chi connectivity index (χ4v) is 3.65. The van der Waals surface area contributed by atoms with Gasteiger partial charge in [-0.15, -0.1) is 0 Å². The molecule has 1 saturated carbocycles. The van der Waals surface area contributed by atoms with Gasteiger partial charge in [-0.1, -0.05) is 17.7 Å². The minimum Gasteiger partial charge on any atom is -0.437 e. The summed E-state index contributed by atoms with van der Waals surface area (Å²) in [5, 5.41) is 5.54. The minimum atomic E-state index is -4.78. The van der Waals surface area contributed by atoms with Gasteiger partial charge in [0.1, 0.15) is 23.7 Å². The lowest BCUT2D eigenvalue weighted by Gasteiger charge is -2.11. The summed E-state index contributed by atoms with van der Waals surface area (Å²) in [5.74, 6) is -1.07. The number of rotatable bonds is 9. The predicted octanol–water partition coefficient (Wildman–Crippen LogP) is 6.39. The van der Waals surface area contributed by atoms with Crippen molar-refractivity contribution in [3.05, 3.63) is 70.8 Å². The largest absolute Gasteiger partial charge is 0.437 e. The maximum Gasteiger partial charge on any atom is 0.419 e. The molecule has 0 saturated heterocycles. The highest BCUT2D eigenvalue weighted by atomic mass is 35.5. The quantitative estimate of drug-likeness (QED) is 0.309. The van der Waals surface area contributed by atoms with E-state index in [1.807, 2.05) is 0 Å². The summed E-state index contributed by atoms with van der Waals surface area (Å²) in [6.07, 6.45) is -1.36. The third-order valence-corrected chi connectivity index (χ3v) is 5.77. The van der Waals surface area contributed by atoms with E-state index in [4.69, 9.17) is 16.3 Å². The monoisotopic (exact) mass is 536 g/mol. The molecule has 3 aromatic rings. The molecular formula is C25H21ClF4N4O3. The van der Waals surface area contributed by atoms with Crippen LogP contribution in [-0.2, 0) is 22.2 Å². The van der Waals surface area contributed by atoms with Crippen molar-refractivity contribution in [2.24, 2.45) is 5.92 Å². The Morgan fingerprint density at radius 3 is 2.54 bits per heavy atom. The summed E-state index contributed by atoms with van der Waals surface area (Å²) in [5.41, 5.74) is -0.651. The molecule has 1 heterocycles. The van der Waals surface area contributed by atoms with Crippen LogP contribution in [0.15, 0.2) is 48.8 Å². The Morgan fingerprint density at radius 1 is 1.05 bits per heavy atom. The number of aromatic nitrogens is 2. The van der Waals surface area contributed by atoms with E-state index in [2.05, 4.69) is 20.6 Å². The average Bonchev–Trinajstić information content (AvgIpc) is 3.67. The highest BCUT2D eigenvalue weighted by Crippen LogP contribution is 2.34. The van der Waals surface area contributed by atoms with Crippen molar-refractivity contribution >= 4 is 34.9 Å². The molecule has 7 nitrogen and oxygen atoms in total. The van der Waals surface area contributed by atoms with Crippen molar-refractivity contribution in [1.82, 2.24) is 9.97 Å². The van der Waals surface area contributed by atoms with Crippen LogP contribution >= 0.6 is 11.6 Å². The first-order chi connectivity index (χ1) is 17.6. The van der Waals surface area contributed by atoms with Crippen LogP contribution in [-0.4, -0.2) is 21.8 Å². The van der Waals surface area contributed by atoms with Gasteiger partial charge < -0.3 is 15.4 Å². The molecule has 12 heteroatoms. The first-order valence-electron chi connectivity index (χ1n) is 11.3. The van der Waals surface area contributed by atoms with E-state index >= 15 is 0 Å². The van der Waals surface area contributed by atoms with Crippen LogP contribution in [0.2, 0.25) is 5.02 Å². The highest BCUT2D eigenvalue weighted by Gasteiger charge is 2.34. The van der Waals surface area contributed by atoms with Gasteiger partial charge in [0.05, 0.1) is 10.6 Å². The van der Waals surface area contributed by atoms with E-state index in [0.717, 1.165) is 25.0 Å². The minimum absolute atomic E-state index is 0.0155. The van der Waals surface area contributed by atoms with Crippen LogP contribution in [0, 0.1) is 11.7 Å². The summed E-state index contributed by atoms with van der Waals surface area (Å²) in [6, 6.07) is 8.82. The topological polar surface area (TPSA) is 93.2 Å². The average molecular weight is 537 g/mol. The van der Waals surface area contributed by atoms with E-state index in [0.29, 0.717) is 11.5 Å². The van der Waals surface area contributed by atoms with Crippen LogP contribution < -0.4 is 15.4 Å². The Bertz CT molecular complexity index is 1320. The normalized spacial score (nSPS) is 13.2.